The van der Waals surface area contributed by atoms with Crippen molar-refractivity contribution in [3.8, 4) is 11.5 Å². The van der Waals surface area contributed by atoms with Gasteiger partial charge in [0.2, 0.25) is 15.9 Å². The zero-order valence-corrected chi connectivity index (χ0v) is 22.5. The van der Waals surface area contributed by atoms with Crippen LogP contribution in [0.5, 0.6) is 11.5 Å². The van der Waals surface area contributed by atoms with Gasteiger partial charge in [-0.15, -0.1) is 0 Å². The van der Waals surface area contributed by atoms with Crippen LogP contribution in [-0.2, 0) is 21.4 Å². The average Bonchev–Trinajstić information content (AvgIpc) is 3.44. The van der Waals surface area contributed by atoms with E-state index < -0.39 is 10.0 Å². The summed E-state index contributed by atoms with van der Waals surface area (Å²) < 4.78 is 31.0. The molecule has 0 aromatic heterocycles. The van der Waals surface area contributed by atoms with Crippen molar-refractivity contribution in [3.05, 3.63) is 54.1 Å². The highest BCUT2D eigenvalue weighted by Crippen LogP contribution is 2.42. The highest BCUT2D eigenvalue weighted by molar-refractivity contribution is 7.92. The third kappa shape index (κ3) is 7.26. The molecule has 2 unspecified atom stereocenters. The number of fused-ring (bicyclic) bond motifs is 1. The smallest absolute Gasteiger partial charge is 0.229 e. The predicted molar refractivity (Wildman–Crippen MR) is 146 cm³/mol. The van der Waals surface area contributed by atoms with Gasteiger partial charge in [-0.25, -0.2) is 8.42 Å². The number of benzene rings is 2. The highest BCUT2D eigenvalue weighted by atomic mass is 32.2. The second-order valence-corrected chi connectivity index (χ2v) is 13.0. The SMILES string of the molecule is CS(=O)(=O)Nc1ccc(Oc2ccc(CN3CC4CC(C(=O)NCC5CCCCC5)CC4C3)cc2)cc1. The van der Waals surface area contributed by atoms with Gasteiger partial charge in [0.25, 0.3) is 0 Å². The Hall–Kier alpha value is -2.58. The molecule has 2 N–H and O–H groups in total. The first-order chi connectivity index (χ1) is 17.8. The summed E-state index contributed by atoms with van der Waals surface area (Å²) in [6.45, 7) is 3.94. The molecule has 1 saturated heterocycles. The number of carbonyl (C=O) groups is 1. The molecule has 2 aliphatic carbocycles. The van der Waals surface area contributed by atoms with Crippen LogP contribution in [0, 0.1) is 23.7 Å². The average molecular weight is 526 g/mol. The van der Waals surface area contributed by atoms with E-state index in [1.807, 2.05) is 12.1 Å². The fraction of sp³-hybridized carbons (Fsp3) is 0.552. The zero-order valence-electron chi connectivity index (χ0n) is 21.7. The largest absolute Gasteiger partial charge is 0.457 e. The van der Waals surface area contributed by atoms with E-state index in [-0.39, 0.29) is 5.92 Å². The molecule has 0 radical (unpaired) electrons. The molecular weight excluding hydrogens is 486 g/mol. The first-order valence-electron chi connectivity index (χ1n) is 13.7. The lowest BCUT2D eigenvalue weighted by molar-refractivity contribution is -0.125. The lowest BCUT2D eigenvalue weighted by atomic mass is 9.89. The van der Waals surface area contributed by atoms with Gasteiger partial charge < -0.3 is 10.1 Å². The van der Waals surface area contributed by atoms with E-state index in [0.717, 1.165) is 51.0 Å². The molecule has 8 heteroatoms. The summed E-state index contributed by atoms with van der Waals surface area (Å²) in [6.07, 6.45) is 9.73. The van der Waals surface area contributed by atoms with Crippen molar-refractivity contribution in [2.24, 2.45) is 23.7 Å². The summed E-state index contributed by atoms with van der Waals surface area (Å²) in [6, 6.07) is 15.0. The van der Waals surface area contributed by atoms with Crippen LogP contribution in [0.2, 0.25) is 0 Å². The number of rotatable bonds is 9. The Kier molecular flexibility index (Phi) is 8.05. The number of carbonyl (C=O) groups excluding carboxylic acids is 1. The second kappa shape index (κ2) is 11.4. The number of amides is 1. The Bertz CT molecular complexity index is 1150. The minimum absolute atomic E-state index is 0.202. The van der Waals surface area contributed by atoms with Crippen molar-refractivity contribution in [3.63, 3.8) is 0 Å². The van der Waals surface area contributed by atoms with Crippen LogP contribution >= 0.6 is 0 Å². The van der Waals surface area contributed by atoms with Gasteiger partial charge in [0.1, 0.15) is 11.5 Å². The van der Waals surface area contributed by atoms with Crippen LogP contribution in [0.15, 0.2) is 48.5 Å². The monoisotopic (exact) mass is 525 g/mol. The van der Waals surface area contributed by atoms with Crippen LogP contribution in [0.4, 0.5) is 5.69 Å². The van der Waals surface area contributed by atoms with Gasteiger partial charge in [-0.2, -0.15) is 0 Å². The number of anilines is 1. The highest BCUT2D eigenvalue weighted by Gasteiger charge is 2.43. The lowest BCUT2D eigenvalue weighted by Crippen LogP contribution is -2.35. The van der Waals surface area contributed by atoms with E-state index in [1.54, 1.807) is 24.3 Å². The molecule has 0 bridgehead atoms. The summed E-state index contributed by atoms with van der Waals surface area (Å²) in [5.41, 5.74) is 1.76. The van der Waals surface area contributed by atoms with Crippen LogP contribution in [0.25, 0.3) is 0 Å². The number of likely N-dealkylation sites (tertiary alicyclic amines) is 1. The van der Waals surface area contributed by atoms with Crippen molar-refractivity contribution in [1.82, 2.24) is 10.2 Å². The number of nitrogens with zero attached hydrogens (tertiary/aromatic N) is 1. The van der Waals surface area contributed by atoms with Crippen molar-refractivity contribution in [2.75, 3.05) is 30.6 Å². The maximum absolute atomic E-state index is 12.8. The quantitative estimate of drug-likeness (QED) is 0.481. The third-order valence-corrected chi connectivity index (χ3v) is 8.82. The first kappa shape index (κ1) is 26.0. The summed E-state index contributed by atoms with van der Waals surface area (Å²) in [7, 11) is -3.29. The predicted octanol–water partition coefficient (Wildman–Crippen LogP) is 5.00. The molecule has 1 amide bonds. The first-order valence-corrected chi connectivity index (χ1v) is 15.5. The van der Waals surface area contributed by atoms with Gasteiger partial charge in [0.05, 0.1) is 6.26 Å². The fourth-order valence-electron chi connectivity index (χ4n) is 6.38. The van der Waals surface area contributed by atoms with E-state index in [4.69, 9.17) is 4.74 Å². The third-order valence-electron chi connectivity index (χ3n) is 8.21. The Morgan fingerprint density at radius 2 is 1.51 bits per heavy atom. The summed E-state index contributed by atoms with van der Waals surface area (Å²) in [5, 5.41) is 3.28. The molecule has 2 saturated carbocycles. The molecule has 2 aromatic carbocycles. The van der Waals surface area contributed by atoms with E-state index in [9.17, 15) is 13.2 Å². The number of sulfonamides is 1. The van der Waals surface area contributed by atoms with Gasteiger partial charge in [-0.3, -0.25) is 14.4 Å². The minimum atomic E-state index is -3.29. The molecule has 3 aliphatic rings. The number of hydrogen-bond donors (Lipinski definition) is 2. The maximum atomic E-state index is 12.8. The number of ether oxygens (including phenoxy) is 1. The van der Waals surface area contributed by atoms with Crippen molar-refractivity contribution >= 4 is 21.6 Å². The summed E-state index contributed by atoms with van der Waals surface area (Å²) in [5.74, 6) is 3.85. The molecule has 7 nitrogen and oxygen atoms in total. The molecule has 0 spiro atoms. The molecule has 3 fully saturated rings. The second-order valence-electron chi connectivity index (χ2n) is 11.3. The Morgan fingerprint density at radius 1 is 0.919 bits per heavy atom. The minimum Gasteiger partial charge on any atom is -0.457 e. The van der Waals surface area contributed by atoms with E-state index >= 15 is 0 Å². The van der Waals surface area contributed by atoms with Crippen LogP contribution < -0.4 is 14.8 Å². The molecule has 5 rings (SSSR count). The summed E-state index contributed by atoms with van der Waals surface area (Å²) >= 11 is 0. The lowest BCUT2D eigenvalue weighted by Gasteiger charge is -2.23. The van der Waals surface area contributed by atoms with Gasteiger partial charge in [0, 0.05) is 37.8 Å². The van der Waals surface area contributed by atoms with Crippen molar-refractivity contribution < 1.29 is 17.9 Å². The molecule has 1 heterocycles. The topological polar surface area (TPSA) is 87.7 Å². The van der Waals surface area contributed by atoms with Crippen molar-refractivity contribution in [1.29, 1.82) is 0 Å². The van der Waals surface area contributed by atoms with E-state index in [0.29, 0.717) is 35.1 Å². The fourth-order valence-corrected chi connectivity index (χ4v) is 6.95. The normalized spacial score (nSPS) is 24.5. The number of hydrogen-bond acceptors (Lipinski definition) is 5. The van der Waals surface area contributed by atoms with Gasteiger partial charge in [-0.05, 0) is 85.4 Å². The van der Waals surface area contributed by atoms with Crippen LogP contribution in [-0.4, -0.2) is 45.1 Å². The van der Waals surface area contributed by atoms with Crippen molar-refractivity contribution in [2.45, 2.75) is 51.5 Å². The Balaban J connectivity index is 1.05. The zero-order chi connectivity index (χ0) is 25.8. The molecule has 37 heavy (non-hydrogen) atoms. The maximum Gasteiger partial charge on any atom is 0.229 e. The Labute approximate surface area is 221 Å². The number of nitrogens with one attached hydrogen (secondary N) is 2. The van der Waals surface area contributed by atoms with E-state index in [2.05, 4.69) is 27.1 Å². The van der Waals surface area contributed by atoms with Gasteiger partial charge in [-0.1, -0.05) is 31.4 Å². The van der Waals surface area contributed by atoms with Gasteiger partial charge >= 0.3 is 0 Å². The molecule has 2 atom stereocenters. The van der Waals surface area contributed by atoms with Crippen LogP contribution in [0.1, 0.15) is 50.5 Å². The van der Waals surface area contributed by atoms with Gasteiger partial charge in [0.15, 0.2) is 0 Å². The molecular formula is C29H39N3O4S. The molecule has 1 aliphatic heterocycles. The molecule has 2 aromatic rings. The summed E-state index contributed by atoms with van der Waals surface area (Å²) in [4.78, 5) is 15.3. The van der Waals surface area contributed by atoms with Crippen LogP contribution in [0.3, 0.4) is 0 Å². The standard InChI is InChI=1S/C29H39N3O4S/c1-37(34,35)31-26-9-13-28(14-10-26)36-27-11-7-22(8-12-27)18-32-19-24-15-23(16-25(24)20-32)29(33)30-17-21-5-3-2-4-6-21/h7-14,21,23-25,31H,2-6,15-20H2,1H3,(H,30,33). The molecule has 200 valence electrons. The Morgan fingerprint density at radius 3 is 2.11 bits per heavy atom. The van der Waals surface area contributed by atoms with E-state index in [1.165, 1.54) is 37.7 Å².